The second kappa shape index (κ2) is 5.95. The van der Waals surface area contributed by atoms with Gasteiger partial charge in [-0.1, -0.05) is 12.1 Å². The molecule has 1 aromatic rings. The smallest absolute Gasteiger partial charge is 0.338 e. The predicted molar refractivity (Wildman–Crippen MR) is 67.3 cm³/mol. The van der Waals surface area contributed by atoms with Gasteiger partial charge in [-0.25, -0.2) is 4.79 Å². The van der Waals surface area contributed by atoms with Gasteiger partial charge in [0, 0.05) is 0 Å². The van der Waals surface area contributed by atoms with E-state index < -0.39 is 24.7 Å². The van der Waals surface area contributed by atoms with Crippen LogP contribution >= 0.6 is 0 Å². The van der Waals surface area contributed by atoms with Crippen molar-refractivity contribution < 1.29 is 19.7 Å². The third-order valence-corrected chi connectivity index (χ3v) is 2.95. The summed E-state index contributed by atoms with van der Waals surface area (Å²) in [5.74, 6) is -0.507. The SMILES string of the molecule is Cc1cccc(C(=O)OCC(N)(CO)CO)c1C. The number of hydrogen-bond donors (Lipinski definition) is 3. The Morgan fingerprint density at radius 3 is 2.50 bits per heavy atom. The normalized spacial score (nSPS) is 11.4. The highest BCUT2D eigenvalue weighted by Gasteiger charge is 2.26. The molecular formula is C13H19NO4. The highest BCUT2D eigenvalue weighted by molar-refractivity contribution is 5.91. The van der Waals surface area contributed by atoms with Gasteiger partial charge in [-0.3, -0.25) is 0 Å². The summed E-state index contributed by atoms with van der Waals surface area (Å²) in [5, 5.41) is 18.0. The van der Waals surface area contributed by atoms with E-state index in [4.69, 9.17) is 20.7 Å². The van der Waals surface area contributed by atoms with Crippen LogP contribution in [0.15, 0.2) is 18.2 Å². The van der Waals surface area contributed by atoms with Crippen LogP contribution < -0.4 is 5.73 Å². The zero-order valence-electron chi connectivity index (χ0n) is 10.6. The molecule has 0 saturated heterocycles. The van der Waals surface area contributed by atoms with Crippen molar-refractivity contribution in [1.29, 1.82) is 0 Å². The molecule has 5 nitrogen and oxygen atoms in total. The zero-order valence-corrected chi connectivity index (χ0v) is 10.6. The Kier molecular flexibility index (Phi) is 4.84. The number of ether oxygens (including phenoxy) is 1. The molecule has 0 aliphatic rings. The Morgan fingerprint density at radius 1 is 1.33 bits per heavy atom. The quantitative estimate of drug-likeness (QED) is 0.649. The summed E-state index contributed by atoms with van der Waals surface area (Å²) in [6, 6.07) is 5.34. The predicted octanol–water partition coefficient (Wildman–Crippen LogP) is 0.142. The van der Waals surface area contributed by atoms with Gasteiger partial charge in [-0.15, -0.1) is 0 Å². The van der Waals surface area contributed by atoms with Crippen molar-refractivity contribution in [3.05, 3.63) is 34.9 Å². The number of esters is 1. The van der Waals surface area contributed by atoms with Crippen LogP contribution in [0, 0.1) is 13.8 Å². The van der Waals surface area contributed by atoms with Crippen LogP contribution in [-0.2, 0) is 4.74 Å². The van der Waals surface area contributed by atoms with E-state index in [1.54, 1.807) is 12.1 Å². The van der Waals surface area contributed by atoms with Crippen LogP contribution in [0.2, 0.25) is 0 Å². The molecule has 0 bridgehead atoms. The molecule has 0 heterocycles. The first-order chi connectivity index (χ1) is 8.43. The lowest BCUT2D eigenvalue weighted by Crippen LogP contribution is -2.51. The molecule has 0 radical (unpaired) electrons. The first kappa shape index (κ1) is 14.6. The summed E-state index contributed by atoms with van der Waals surface area (Å²) < 4.78 is 5.03. The number of rotatable bonds is 5. The van der Waals surface area contributed by atoms with Gasteiger partial charge in [0.1, 0.15) is 6.61 Å². The highest BCUT2D eigenvalue weighted by Crippen LogP contribution is 2.14. The van der Waals surface area contributed by atoms with E-state index in [1.807, 2.05) is 19.9 Å². The molecule has 0 aliphatic heterocycles. The third-order valence-electron chi connectivity index (χ3n) is 2.95. The van der Waals surface area contributed by atoms with Crippen LogP contribution in [0.5, 0.6) is 0 Å². The lowest BCUT2D eigenvalue weighted by molar-refractivity contribution is 0.0209. The molecule has 100 valence electrons. The number of aryl methyl sites for hydroxylation is 1. The van der Waals surface area contributed by atoms with Gasteiger partial charge >= 0.3 is 5.97 Å². The Morgan fingerprint density at radius 2 is 1.94 bits per heavy atom. The maximum atomic E-state index is 11.9. The van der Waals surface area contributed by atoms with Gasteiger partial charge in [0.25, 0.3) is 0 Å². The Balaban J connectivity index is 2.75. The number of aliphatic hydroxyl groups is 2. The first-order valence-corrected chi connectivity index (χ1v) is 5.67. The zero-order chi connectivity index (χ0) is 13.8. The summed E-state index contributed by atoms with van der Waals surface area (Å²) in [5.41, 5.74) is 6.62. The van der Waals surface area contributed by atoms with Crippen molar-refractivity contribution in [2.45, 2.75) is 19.4 Å². The molecule has 0 aliphatic carbocycles. The lowest BCUT2D eigenvalue weighted by atomic mass is 10.0. The summed E-state index contributed by atoms with van der Waals surface area (Å²) >= 11 is 0. The van der Waals surface area contributed by atoms with Gasteiger partial charge in [0.15, 0.2) is 0 Å². The fraction of sp³-hybridized carbons (Fsp3) is 0.462. The monoisotopic (exact) mass is 253 g/mol. The van der Waals surface area contributed by atoms with Crippen molar-refractivity contribution >= 4 is 5.97 Å². The van der Waals surface area contributed by atoms with Crippen LogP contribution in [0.25, 0.3) is 0 Å². The third kappa shape index (κ3) is 3.29. The van der Waals surface area contributed by atoms with Crippen molar-refractivity contribution in [3.63, 3.8) is 0 Å². The topological polar surface area (TPSA) is 92.8 Å². The molecule has 18 heavy (non-hydrogen) atoms. The molecule has 5 heteroatoms. The molecule has 1 aromatic carbocycles. The van der Waals surface area contributed by atoms with E-state index in [0.717, 1.165) is 11.1 Å². The van der Waals surface area contributed by atoms with Crippen LogP contribution in [-0.4, -0.2) is 41.5 Å². The Labute approximate surface area is 106 Å². The van der Waals surface area contributed by atoms with Crippen molar-refractivity contribution in [3.8, 4) is 0 Å². The van der Waals surface area contributed by atoms with E-state index >= 15 is 0 Å². The molecule has 0 unspecified atom stereocenters. The lowest BCUT2D eigenvalue weighted by Gasteiger charge is -2.24. The van der Waals surface area contributed by atoms with Gasteiger partial charge in [0.2, 0.25) is 0 Å². The summed E-state index contributed by atoms with van der Waals surface area (Å²) in [7, 11) is 0. The van der Waals surface area contributed by atoms with E-state index in [9.17, 15) is 4.79 Å². The second-order valence-corrected chi connectivity index (χ2v) is 4.50. The molecule has 1 rings (SSSR count). The number of nitrogens with two attached hydrogens (primary N) is 1. The molecule has 0 fully saturated rings. The van der Waals surface area contributed by atoms with E-state index in [2.05, 4.69) is 0 Å². The standard InChI is InChI=1S/C13H19NO4/c1-9-4-3-5-11(10(9)2)12(17)18-8-13(14,6-15)7-16/h3-5,15-16H,6-8,14H2,1-2H3. The van der Waals surface area contributed by atoms with Crippen molar-refractivity contribution in [2.24, 2.45) is 5.73 Å². The number of benzene rings is 1. The van der Waals surface area contributed by atoms with E-state index in [-0.39, 0.29) is 6.61 Å². The molecule has 0 spiro atoms. The van der Waals surface area contributed by atoms with Crippen LogP contribution in [0.3, 0.4) is 0 Å². The summed E-state index contributed by atoms with van der Waals surface area (Å²) in [6.07, 6.45) is 0. The molecule has 0 atom stereocenters. The Hall–Kier alpha value is -1.43. The molecule has 4 N–H and O–H groups in total. The average molecular weight is 253 g/mol. The van der Waals surface area contributed by atoms with Crippen molar-refractivity contribution in [1.82, 2.24) is 0 Å². The summed E-state index contributed by atoms with van der Waals surface area (Å²) in [4.78, 5) is 11.9. The maximum Gasteiger partial charge on any atom is 0.338 e. The fourth-order valence-corrected chi connectivity index (χ4v) is 1.40. The van der Waals surface area contributed by atoms with E-state index in [0.29, 0.717) is 5.56 Å². The molecule has 0 amide bonds. The number of carbonyl (C=O) groups excluding carboxylic acids is 1. The molecular weight excluding hydrogens is 234 g/mol. The average Bonchev–Trinajstić information content (AvgIpc) is 2.39. The number of carbonyl (C=O) groups is 1. The number of aliphatic hydroxyl groups excluding tert-OH is 2. The van der Waals surface area contributed by atoms with Crippen LogP contribution in [0.4, 0.5) is 0 Å². The maximum absolute atomic E-state index is 11.9. The highest BCUT2D eigenvalue weighted by atomic mass is 16.5. The minimum atomic E-state index is -1.30. The number of hydrogen-bond acceptors (Lipinski definition) is 5. The summed E-state index contributed by atoms with van der Waals surface area (Å²) in [6.45, 7) is 2.60. The minimum absolute atomic E-state index is 0.230. The van der Waals surface area contributed by atoms with Gasteiger partial charge in [-0.2, -0.15) is 0 Å². The molecule has 0 aromatic heterocycles. The van der Waals surface area contributed by atoms with Crippen molar-refractivity contribution in [2.75, 3.05) is 19.8 Å². The van der Waals surface area contributed by atoms with E-state index in [1.165, 1.54) is 0 Å². The molecule has 0 saturated carbocycles. The van der Waals surface area contributed by atoms with Gasteiger partial charge in [0.05, 0.1) is 24.3 Å². The van der Waals surface area contributed by atoms with Gasteiger partial charge in [-0.05, 0) is 31.0 Å². The second-order valence-electron chi connectivity index (χ2n) is 4.50. The van der Waals surface area contributed by atoms with Crippen LogP contribution in [0.1, 0.15) is 21.5 Å². The van der Waals surface area contributed by atoms with Gasteiger partial charge < -0.3 is 20.7 Å². The minimum Gasteiger partial charge on any atom is -0.460 e. The largest absolute Gasteiger partial charge is 0.460 e. The Bertz CT molecular complexity index is 427. The first-order valence-electron chi connectivity index (χ1n) is 5.67. The fourth-order valence-electron chi connectivity index (χ4n) is 1.40.